The van der Waals surface area contributed by atoms with Crippen molar-refractivity contribution in [2.75, 3.05) is 32.8 Å². The quantitative estimate of drug-likeness (QED) is 0.685. The Morgan fingerprint density at radius 1 is 1.11 bits per heavy atom. The zero-order valence-electron chi connectivity index (χ0n) is 14.7. The van der Waals surface area contributed by atoms with E-state index < -0.39 is 10.0 Å². The van der Waals surface area contributed by atoms with Crippen LogP contribution in [0.1, 0.15) is 11.6 Å². The second-order valence-electron chi connectivity index (χ2n) is 6.38. The Bertz CT molecular complexity index is 999. The molecule has 1 N–H and O–H groups in total. The van der Waals surface area contributed by atoms with E-state index in [1.54, 1.807) is 17.6 Å². The standard InChI is InChI=1S/C19H21N3O3S2/c23-27(24,18-8-4-7-17-19(18)20-14-26-17)21-13-16(15-5-2-1-3-6-15)22-9-11-25-12-10-22/h1-8,14,16,21H,9-13H2. The van der Waals surface area contributed by atoms with Crippen molar-refractivity contribution in [1.82, 2.24) is 14.6 Å². The number of fused-ring (bicyclic) bond motifs is 1. The van der Waals surface area contributed by atoms with E-state index >= 15 is 0 Å². The summed E-state index contributed by atoms with van der Waals surface area (Å²) < 4.78 is 35.1. The van der Waals surface area contributed by atoms with Crippen LogP contribution in [0.15, 0.2) is 58.9 Å². The van der Waals surface area contributed by atoms with E-state index in [1.165, 1.54) is 11.3 Å². The summed E-state index contributed by atoms with van der Waals surface area (Å²) in [7, 11) is -3.66. The molecule has 0 spiro atoms. The molecule has 1 unspecified atom stereocenters. The van der Waals surface area contributed by atoms with Crippen molar-refractivity contribution < 1.29 is 13.2 Å². The highest BCUT2D eigenvalue weighted by molar-refractivity contribution is 7.89. The molecule has 8 heteroatoms. The van der Waals surface area contributed by atoms with E-state index in [0.717, 1.165) is 23.4 Å². The van der Waals surface area contributed by atoms with Crippen LogP contribution >= 0.6 is 11.3 Å². The number of sulfonamides is 1. The maximum Gasteiger partial charge on any atom is 0.242 e. The zero-order chi connectivity index (χ0) is 18.7. The van der Waals surface area contributed by atoms with Gasteiger partial charge in [-0.15, -0.1) is 11.3 Å². The molecule has 1 aromatic heterocycles. The van der Waals surface area contributed by atoms with Gasteiger partial charge in [0.25, 0.3) is 0 Å². The summed E-state index contributed by atoms with van der Waals surface area (Å²) in [5.74, 6) is 0. The van der Waals surface area contributed by atoms with Gasteiger partial charge in [0, 0.05) is 25.7 Å². The second-order valence-corrected chi connectivity index (χ2v) is 9.00. The van der Waals surface area contributed by atoms with E-state index in [9.17, 15) is 8.42 Å². The fourth-order valence-corrected chi connectivity index (χ4v) is 5.34. The molecular formula is C19H21N3O3S2. The van der Waals surface area contributed by atoms with Crippen LogP contribution in [0.3, 0.4) is 0 Å². The Hall–Kier alpha value is -1.84. The minimum absolute atomic E-state index is 0.0421. The topological polar surface area (TPSA) is 71.5 Å². The molecule has 6 nitrogen and oxygen atoms in total. The molecule has 1 aliphatic rings. The summed E-state index contributed by atoms with van der Waals surface area (Å²) in [6.45, 7) is 3.18. The van der Waals surface area contributed by atoms with Crippen molar-refractivity contribution >= 4 is 31.6 Å². The van der Waals surface area contributed by atoms with Crippen LogP contribution in [0, 0.1) is 0 Å². The van der Waals surface area contributed by atoms with Crippen molar-refractivity contribution in [3.63, 3.8) is 0 Å². The molecule has 1 fully saturated rings. The monoisotopic (exact) mass is 403 g/mol. The molecule has 142 valence electrons. The first-order valence-electron chi connectivity index (χ1n) is 8.84. The average Bonchev–Trinajstić information content (AvgIpc) is 3.18. The van der Waals surface area contributed by atoms with Crippen LogP contribution in [0.2, 0.25) is 0 Å². The third-order valence-corrected chi connectivity index (χ3v) is 7.00. The third-order valence-electron chi connectivity index (χ3n) is 4.75. The van der Waals surface area contributed by atoms with Crippen molar-refractivity contribution in [2.45, 2.75) is 10.9 Å². The molecule has 1 atom stereocenters. The number of hydrogen-bond donors (Lipinski definition) is 1. The van der Waals surface area contributed by atoms with Gasteiger partial charge in [-0.3, -0.25) is 4.90 Å². The maximum atomic E-state index is 13.0. The SMILES string of the molecule is O=S(=O)(NCC(c1ccccc1)N1CCOCC1)c1cccc2scnc12. The molecule has 0 radical (unpaired) electrons. The number of hydrogen-bond acceptors (Lipinski definition) is 6. The lowest BCUT2D eigenvalue weighted by atomic mass is 10.1. The third kappa shape index (κ3) is 4.04. The molecule has 1 saturated heterocycles. The summed E-state index contributed by atoms with van der Waals surface area (Å²) in [5.41, 5.74) is 3.29. The lowest BCUT2D eigenvalue weighted by molar-refractivity contribution is 0.0172. The molecule has 4 rings (SSSR count). The van der Waals surface area contributed by atoms with Crippen LogP contribution < -0.4 is 4.72 Å². The van der Waals surface area contributed by atoms with Crippen LogP contribution in [0.5, 0.6) is 0 Å². The molecule has 1 aliphatic heterocycles. The Balaban J connectivity index is 1.59. The van der Waals surface area contributed by atoms with Crippen molar-refractivity contribution in [1.29, 1.82) is 0 Å². The molecule has 3 aromatic rings. The minimum Gasteiger partial charge on any atom is -0.379 e. The molecule has 2 heterocycles. The van der Waals surface area contributed by atoms with Gasteiger partial charge in [-0.2, -0.15) is 0 Å². The molecular weight excluding hydrogens is 382 g/mol. The van der Waals surface area contributed by atoms with Gasteiger partial charge in [-0.1, -0.05) is 36.4 Å². The van der Waals surface area contributed by atoms with Gasteiger partial charge in [0.2, 0.25) is 10.0 Å². The predicted octanol–water partition coefficient (Wildman–Crippen LogP) is 2.65. The summed E-state index contributed by atoms with van der Waals surface area (Å²) >= 11 is 1.44. The molecule has 0 saturated carbocycles. The van der Waals surface area contributed by atoms with Crippen LogP contribution in [0.4, 0.5) is 0 Å². The van der Waals surface area contributed by atoms with E-state index in [-0.39, 0.29) is 10.9 Å². The normalized spacial score (nSPS) is 17.2. The number of ether oxygens (including phenoxy) is 1. The highest BCUT2D eigenvalue weighted by Gasteiger charge is 2.26. The first-order chi connectivity index (χ1) is 13.1. The van der Waals surface area contributed by atoms with E-state index in [2.05, 4.69) is 14.6 Å². The maximum absolute atomic E-state index is 13.0. The Labute approximate surface area is 162 Å². The van der Waals surface area contributed by atoms with E-state index in [4.69, 9.17) is 4.74 Å². The molecule has 2 aromatic carbocycles. The van der Waals surface area contributed by atoms with E-state index in [1.807, 2.05) is 36.4 Å². The average molecular weight is 404 g/mol. The van der Waals surface area contributed by atoms with Crippen LogP contribution in [0.25, 0.3) is 10.2 Å². The van der Waals surface area contributed by atoms with Crippen LogP contribution in [-0.4, -0.2) is 51.1 Å². The first kappa shape index (κ1) is 18.5. The number of nitrogens with one attached hydrogen (secondary N) is 1. The summed E-state index contributed by atoms with van der Waals surface area (Å²) in [6.07, 6.45) is 0. The van der Waals surface area contributed by atoms with Gasteiger partial charge in [0.1, 0.15) is 10.4 Å². The summed E-state index contributed by atoms with van der Waals surface area (Å²) in [4.78, 5) is 6.73. The van der Waals surface area contributed by atoms with Crippen molar-refractivity contribution in [3.8, 4) is 0 Å². The van der Waals surface area contributed by atoms with Crippen molar-refractivity contribution in [2.24, 2.45) is 0 Å². The summed E-state index contributed by atoms with van der Waals surface area (Å²) in [6, 6.07) is 15.2. The lowest BCUT2D eigenvalue weighted by Crippen LogP contribution is -2.43. The van der Waals surface area contributed by atoms with Gasteiger partial charge >= 0.3 is 0 Å². The van der Waals surface area contributed by atoms with Gasteiger partial charge in [0.15, 0.2) is 0 Å². The molecule has 0 bridgehead atoms. The highest BCUT2D eigenvalue weighted by atomic mass is 32.2. The molecule has 0 amide bonds. The zero-order valence-corrected chi connectivity index (χ0v) is 16.4. The highest BCUT2D eigenvalue weighted by Crippen LogP contribution is 2.26. The number of rotatable bonds is 6. The lowest BCUT2D eigenvalue weighted by Gasteiger charge is -2.34. The number of para-hydroxylation sites is 1. The number of aromatic nitrogens is 1. The molecule has 27 heavy (non-hydrogen) atoms. The fourth-order valence-electron chi connectivity index (χ4n) is 3.37. The smallest absolute Gasteiger partial charge is 0.242 e. The largest absolute Gasteiger partial charge is 0.379 e. The fraction of sp³-hybridized carbons (Fsp3) is 0.316. The van der Waals surface area contributed by atoms with Gasteiger partial charge in [0.05, 0.1) is 23.4 Å². The van der Waals surface area contributed by atoms with Gasteiger partial charge < -0.3 is 4.74 Å². The second kappa shape index (κ2) is 8.04. The van der Waals surface area contributed by atoms with Crippen molar-refractivity contribution in [3.05, 3.63) is 59.6 Å². The minimum atomic E-state index is -3.66. The number of nitrogens with zero attached hydrogens (tertiary/aromatic N) is 2. The Morgan fingerprint density at radius 3 is 2.67 bits per heavy atom. The summed E-state index contributed by atoms with van der Waals surface area (Å²) in [5, 5.41) is 0. The molecule has 0 aliphatic carbocycles. The van der Waals surface area contributed by atoms with Crippen LogP contribution in [-0.2, 0) is 14.8 Å². The Morgan fingerprint density at radius 2 is 1.89 bits per heavy atom. The predicted molar refractivity (Wildman–Crippen MR) is 106 cm³/mol. The van der Waals surface area contributed by atoms with Gasteiger partial charge in [-0.05, 0) is 17.7 Å². The number of morpholine rings is 1. The number of thiazole rings is 1. The van der Waals surface area contributed by atoms with E-state index in [0.29, 0.717) is 25.3 Å². The Kier molecular flexibility index (Phi) is 5.51. The first-order valence-corrected chi connectivity index (χ1v) is 11.2. The van der Waals surface area contributed by atoms with Gasteiger partial charge in [-0.25, -0.2) is 18.1 Å². The number of benzene rings is 2.